The Bertz CT molecular complexity index is 538. The topological polar surface area (TPSA) is 21.3 Å². The van der Waals surface area contributed by atoms with Gasteiger partial charge in [-0.1, -0.05) is 31.2 Å². The van der Waals surface area contributed by atoms with Gasteiger partial charge < -0.3 is 10.1 Å². The van der Waals surface area contributed by atoms with Crippen LogP contribution < -0.4 is 10.1 Å². The summed E-state index contributed by atoms with van der Waals surface area (Å²) in [6.07, 6.45) is 2.24. The highest BCUT2D eigenvalue weighted by Crippen LogP contribution is 2.42. The summed E-state index contributed by atoms with van der Waals surface area (Å²) in [5.41, 5.74) is 1.35. The number of para-hydroxylation sites is 1. The normalized spacial score (nSPS) is 19.1. The van der Waals surface area contributed by atoms with Gasteiger partial charge in [0, 0.05) is 16.8 Å². The SMILES string of the molecule is CCCNC(c1cccs1)C1CCOc2ccccc21. The van der Waals surface area contributed by atoms with Crippen LogP contribution in [0.2, 0.25) is 0 Å². The molecule has 0 saturated heterocycles. The molecule has 0 bridgehead atoms. The maximum Gasteiger partial charge on any atom is 0.122 e. The van der Waals surface area contributed by atoms with Gasteiger partial charge in [-0.25, -0.2) is 0 Å². The largest absolute Gasteiger partial charge is 0.493 e. The molecule has 2 atom stereocenters. The fourth-order valence-electron chi connectivity index (χ4n) is 2.93. The molecule has 3 rings (SSSR count). The monoisotopic (exact) mass is 287 g/mol. The second-order valence-electron chi connectivity index (χ2n) is 5.23. The van der Waals surface area contributed by atoms with Gasteiger partial charge in [0.2, 0.25) is 0 Å². The van der Waals surface area contributed by atoms with Crippen LogP contribution in [0.15, 0.2) is 41.8 Å². The molecule has 2 nitrogen and oxygen atoms in total. The van der Waals surface area contributed by atoms with E-state index in [1.54, 1.807) is 0 Å². The molecule has 2 aromatic rings. The smallest absolute Gasteiger partial charge is 0.122 e. The van der Waals surface area contributed by atoms with Crippen molar-refractivity contribution in [3.63, 3.8) is 0 Å². The van der Waals surface area contributed by atoms with E-state index in [-0.39, 0.29) is 0 Å². The van der Waals surface area contributed by atoms with E-state index in [0.717, 1.165) is 31.7 Å². The third kappa shape index (κ3) is 2.74. The number of hydrogen-bond donors (Lipinski definition) is 1. The second-order valence-corrected chi connectivity index (χ2v) is 6.21. The molecule has 1 aromatic heterocycles. The standard InChI is InChI=1S/C17H21NOS/c1-2-10-18-17(16-8-5-12-20-16)14-9-11-19-15-7-4-3-6-13(14)15/h3-8,12,14,17-18H,2,9-11H2,1H3. The second kappa shape index (κ2) is 6.42. The third-order valence-electron chi connectivity index (χ3n) is 3.87. The van der Waals surface area contributed by atoms with E-state index >= 15 is 0 Å². The summed E-state index contributed by atoms with van der Waals surface area (Å²) in [5.74, 6) is 1.56. The lowest BCUT2D eigenvalue weighted by Crippen LogP contribution is -2.30. The van der Waals surface area contributed by atoms with Crippen LogP contribution >= 0.6 is 11.3 Å². The molecule has 1 N–H and O–H groups in total. The highest BCUT2D eigenvalue weighted by molar-refractivity contribution is 7.10. The van der Waals surface area contributed by atoms with Crippen LogP contribution in [0.4, 0.5) is 0 Å². The van der Waals surface area contributed by atoms with E-state index in [4.69, 9.17) is 4.74 Å². The van der Waals surface area contributed by atoms with Gasteiger partial charge in [0.05, 0.1) is 6.61 Å². The van der Waals surface area contributed by atoms with Crippen molar-refractivity contribution in [1.82, 2.24) is 5.32 Å². The zero-order chi connectivity index (χ0) is 13.8. The van der Waals surface area contributed by atoms with Gasteiger partial charge in [-0.15, -0.1) is 11.3 Å². The zero-order valence-corrected chi connectivity index (χ0v) is 12.7. The van der Waals surface area contributed by atoms with Crippen LogP contribution in [0.1, 0.15) is 42.2 Å². The number of ether oxygens (including phenoxy) is 1. The first-order valence-electron chi connectivity index (χ1n) is 7.38. The van der Waals surface area contributed by atoms with Crippen molar-refractivity contribution in [3.8, 4) is 5.75 Å². The number of nitrogens with one attached hydrogen (secondary N) is 1. The molecule has 1 aliphatic rings. The predicted molar refractivity (Wildman–Crippen MR) is 84.6 cm³/mol. The summed E-state index contributed by atoms with van der Waals surface area (Å²) in [7, 11) is 0. The summed E-state index contributed by atoms with van der Waals surface area (Å²) in [5, 5.41) is 5.91. The molecule has 2 unspecified atom stereocenters. The Morgan fingerprint density at radius 1 is 1.30 bits per heavy atom. The highest BCUT2D eigenvalue weighted by atomic mass is 32.1. The Hall–Kier alpha value is -1.32. The maximum absolute atomic E-state index is 5.80. The van der Waals surface area contributed by atoms with Crippen LogP contribution in [0.5, 0.6) is 5.75 Å². The van der Waals surface area contributed by atoms with E-state index in [1.807, 2.05) is 11.3 Å². The molecule has 0 radical (unpaired) electrons. The summed E-state index contributed by atoms with van der Waals surface area (Å²) >= 11 is 1.85. The van der Waals surface area contributed by atoms with E-state index in [2.05, 4.69) is 54.0 Å². The highest BCUT2D eigenvalue weighted by Gasteiger charge is 2.29. The molecule has 20 heavy (non-hydrogen) atoms. The van der Waals surface area contributed by atoms with Gasteiger partial charge in [0.15, 0.2) is 0 Å². The molecular formula is C17H21NOS. The van der Waals surface area contributed by atoms with Crippen LogP contribution in [-0.4, -0.2) is 13.2 Å². The van der Waals surface area contributed by atoms with E-state index < -0.39 is 0 Å². The van der Waals surface area contributed by atoms with Crippen LogP contribution in [0.3, 0.4) is 0 Å². The van der Waals surface area contributed by atoms with Crippen molar-refractivity contribution in [2.75, 3.05) is 13.2 Å². The quantitative estimate of drug-likeness (QED) is 0.882. The Morgan fingerprint density at radius 2 is 2.20 bits per heavy atom. The van der Waals surface area contributed by atoms with E-state index in [9.17, 15) is 0 Å². The van der Waals surface area contributed by atoms with Gasteiger partial charge in [-0.05, 0) is 42.5 Å². The average molecular weight is 287 g/mol. The molecule has 0 amide bonds. The molecule has 106 valence electrons. The molecule has 2 heterocycles. The fraction of sp³-hybridized carbons (Fsp3) is 0.412. The number of hydrogen-bond acceptors (Lipinski definition) is 3. The summed E-state index contributed by atoms with van der Waals surface area (Å²) in [6, 6.07) is 13.3. The molecule has 1 aromatic carbocycles. The molecular weight excluding hydrogens is 266 g/mol. The van der Waals surface area contributed by atoms with Crippen LogP contribution in [0, 0.1) is 0 Å². The number of rotatable bonds is 5. The van der Waals surface area contributed by atoms with Gasteiger partial charge in [-0.3, -0.25) is 0 Å². The van der Waals surface area contributed by atoms with Crippen molar-refractivity contribution >= 4 is 11.3 Å². The first kappa shape index (κ1) is 13.7. The fourth-order valence-corrected chi connectivity index (χ4v) is 3.79. The predicted octanol–water partition coefficient (Wildman–Crippen LogP) is 4.36. The number of benzene rings is 1. The Morgan fingerprint density at radius 3 is 3.00 bits per heavy atom. The molecule has 0 fully saturated rings. The van der Waals surface area contributed by atoms with E-state index in [1.165, 1.54) is 10.4 Å². The molecule has 0 spiro atoms. The lowest BCUT2D eigenvalue weighted by molar-refractivity contribution is 0.246. The Kier molecular flexibility index (Phi) is 4.38. The Labute approximate surface area is 124 Å². The summed E-state index contributed by atoms with van der Waals surface area (Å²) in [4.78, 5) is 1.43. The third-order valence-corrected chi connectivity index (χ3v) is 4.83. The van der Waals surface area contributed by atoms with Crippen molar-refractivity contribution in [2.45, 2.75) is 31.7 Å². The van der Waals surface area contributed by atoms with Gasteiger partial charge in [0.25, 0.3) is 0 Å². The lowest BCUT2D eigenvalue weighted by Gasteiger charge is -2.32. The molecule has 0 saturated carbocycles. The summed E-state index contributed by atoms with van der Waals surface area (Å²) < 4.78 is 5.80. The zero-order valence-electron chi connectivity index (χ0n) is 11.8. The van der Waals surface area contributed by atoms with Gasteiger partial charge >= 0.3 is 0 Å². The summed E-state index contributed by atoms with van der Waals surface area (Å²) in [6.45, 7) is 4.09. The average Bonchev–Trinajstić information content (AvgIpc) is 3.02. The minimum Gasteiger partial charge on any atom is -0.493 e. The van der Waals surface area contributed by atoms with Crippen molar-refractivity contribution in [3.05, 3.63) is 52.2 Å². The number of fused-ring (bicyclic) bond motifs is 1. The minimum atomic E-state index is 0.403. The number of thiophene rings is 1. The molecule has 1 aliphatic heterocycles. The first-order valence-corrected chi connectivity index (χ1v) is 8.26. The van der Waals surface area contributed by atoms with Crippen molar-refractivity contribution in [2.24, 2.45) is 0 Å². The van der Waals surface area contributed by atoms with Crippen LogP contribution in [-0.2, 0) is 0 Å². The maximum atomic E-state index is 5.80. The van der Waals surface area contributed by atoms with E-state index in [0.29, 0.717) is 12.0 Å². The van der Waals surface area contributed by atoms with Crippen molar-refractivity contribution < 1.29 is 4.74 Å². The molecule has 3 heteroatoms. The first-order chi connectivity index (χ1) is 9.90. The van der Waals surface area contributed by atoms with Gasteiger partial charge in [0.1, 0.15) is 5.75 Å². The molecule has 0 aliphatic carbocycles. The lowest BCUT2D eigenvalue weighted by atomic mass is 9.85. The van der Waals surface area contributed by atoms with Gasteiger partial charge in [-0.2, -0.15) is 0 Å². The van der Waals surface area contributed by atoms with Crippen LogP contribution in [0.25, 0.3) is 0 Å². The minimum absolute atomic E-state index is 0.403. The Balaban J connectivity index is 1.92. The van der Waals surface area contributed by atoms with Crippen molar-refractivity contribution in [1.29, 1.82) is 0 Å².